The summed E-state index contributed by atoms with van der Waals surface area (Å²) in [7, 11) is 0. The molecular formula is C17H17ClN4O. The van der Waals surface area contributed by atoms with Gasteiger partial charge in [0.25, 0.3) is 0 Å². The van der Waals surface area contributed by atoms with Gasteiger partial charge in [-0.2, -0.15) is 0 Å². The second-order valence-electron chi connectivity index (χ2n) is 6.13. The van der Waals surface area contributed by atoms with E-state index in [0.29, 0.717) is 16.5 Å². The van der Waals surface area contributed by atoms with Gasteiger partial charge in [0, 0.05) is 30.5 Å². The molecule has 1 fully saturated rings. The van der Waals surface area contributed by atoms with E-state index >= 15 is 0 Å². The summed E-state index contributed by atoms with van der Waals surface area (Å²) < 4.78 is 0. The summed E-state index contributed by atoms with van der Waals surface area (Å²) in [6, 6.07) is 9.59. The van der Waals surface area contributed by atoms with E-state index in [4.69, 9.17) is 17.3 Å². The maximum absolute atomic E-state index is 12.5. The number of piperidine rings is 1. The highest BCUT2D eigenvalue weighted by atomic mass is 35.5. The van der Waals surface area contributed by atoms with Gasteiger partial charge in [0.05, 0.1) is 16.1 Å². The van der Waals surface area contributed by atoms with Gasteiger partial charge in [-0.3, -0.25) is 4.79 Å². The van der Waals surface area contributed by atoms with Crippen LogP contribution in [0.3, 0.4) is 0 Å². The maximum Gasteiger partial charge on any atom is 0.236 e. The van der Waals surface area contributed by atoms with Crippen molar-refractivity contribution in [3.8, 4) is 0 Å². The van der Waals surface area contributed by atoms with Gasteiger partial charge in [0.1, 0.15) is 5.82 Å². The number of nitrogens with zero attached hydrogens (tertiary/aromatic N) is 2. The molecule has 1 amide bonds. The third kappa shape index (κ3) is 2.15. The molecule has 118 valence electrons. The number of halogens is 1. The van der Waals surface area contributed by atoms with E-state index in [2.05, 4.69) is 15.2 Å². The largest absolute Gasteiger partial charge is 0.398 e. The molecule has 2 aliphatic rings. The second kappa shape index (κ2) is 5.13. The van der Waals surface area contributed by atoms with E-state index in [9.17, 15) is 4.79 Å². The van der Waals surface area contributed by atoms with Gasteiger partial charge in [-0.15, -0.1) is 0 Å². The maximum atomic E-state index is 12.5. The number of hydrogen-bond donors (Lipinski definition) is 2. The molecule has 0 saturated carbocycles. The molecule has 3 N–H and O–H groups in total. The normalized spacial score (nSPS) is 18.8. The average Bonchev–Trinajstić information content (AvgIpc) is 2.83. The highest BCUT2D eigenvalue weighted by Gasteiger charge is 2.48. The molecule has 0 radical (unpaired) electrons. The van der Waals surface area contributed by atoms with E-state index in [0.717, 1.165) is 37.2 Å². The predicted molar refractivity (Wildman–Crippen MR) is 91.9 cm³/mol. The molecule has 1 spiro atoms. The van der Waals surface area contributed by atoms with Crippen molar-refractivity contribution in [3.05, 3.63) is 47.1 Å². The van der Waals surface area contributed by atoms with Gasteiger partial charge >= 0.3 is 0 Å². The Hall–Kier alpha value is -2.27. The van der Waals surface area contributed by atoms with Crippen LogP contribution >= 0.6 is 11.6 Å². The molecule has 1 aromatic carbocycles. The Bertz CT molecular complexity index is 784. The number of nitrogens with one attached hydrogen (secondary N) is 1. The fraction of sp³-hybridized carbons (Fsp3) is 0.294. The molecule has 0 aliphatic carbocycles. The number of pyridine rings is 1. The number of carbonyl (C=O) groups excluding carboxylic acids is 1. The van der Waals surface area contributed by atoms with E-state index in [-0.39, 0.29) is 5.91 Å². The van der Waals surface area contributed by atoms with Crippen LogP contribution < -0.4 is 16.0 Å². The standard InChI is InChI=1S/C17H17ClN4O/c18-13-10-11(3-4-14(13)19)22-8-5-17(6-9-22)12-2-1-7-20-15(12)21-16(17)23/h1-4,7,10H,5-6,8-9,19H2,(H,20,21,23). The van der Waals surface area contributed by atoms with Crippen molar-refractivity contribution >= 4 is 34.7 Å². The summed E-state index contributed by atoms with van der Waals surface area (Å²) >= 11 is 6.12. The van der Waals surface area contributed by atoms with Crippen LogP contribution in [0.5, 0.6) is 0 Å². The van der Waals surface area contributed by atoms with Crippen LogP contribution in [0.4, 0.5) is 17.2 Å². The van der Waals surface area contributed by atoms with Crippen molar-refractivity contribution in [2.24, 2.45) is 0 Å². The monoisotopic (exact) mass is 328 g/mol. The van der Waals surface area contributed by atoms with Crippen molar-refractivity contribution in [1.82, 2.24) is 4.98 Å². The van der Waals surface area contributed by atoms with Crippen LogP contribution in [-0.4, -0.2) is 24.0 Å². The van der Waals surface area contributed by atoms with Crippen LogP contribution in [0, 0.1) is 0 Å². The molecule has 2 aliphatic heterocycles. The number of anilines is 3. The van der Waals surface area contributed by atoms with E-state index in [1.807, 2.05) is 30.3 Å². The molecule has 6 heteroatoms. The smallest absolute Gasteiger partial charge is 0.236 e. The molecule has 0 unspecified atom stereocenters. The SMILES string of the molecule is Nc1ccc(N2CCC3(CC2)C(=O)Nc2ncccc23)cc1Cl. The number of benzene rings is 1. The van der Waals surface area contributed by atoms with Crippen molar-refractivity contribution in [3.63, 3.8) is 0 Å². The molecule has 2 aromatic rings. The second-order valence-corrected chi connectivity index (χ2v) is 6.54. The lowest BCUT2D eigenvalue weighted by Gasteiger charge is -2.39. The minimum atomic E-state index is -0.447. The molecule has 0 atom stereocenters. The molecule has 4 rings (SSSR count). The van der Waals surface area contributed by atoms with Crippen LogP contribution in [0.25, 0.3) is 0 Å². The quantitative estimate of drug-likeness (QED) is 0.790. The number of rotatable bonds is 1. The number of nitrogen functional groups attached to an aromatic ring is 1. The lowest BCUT2D eigenvalue weighted by molar-refractivity contribution is -0.121. The van der Waals surface area contributed by atoms with E-state index in [1.165, 1.54) is 0 Å². The van der Waals surface area contributed by atoms with Crippen molar-refractivity contribution in [1.29, 1.82) is 0 Å². The van der Waals surface area contributed by atoms with Crippen molar-refractivity contribution < 1.29 is 4.79 Å². The molecule has 1 saturated heterocycles. The number of carbonyl (C=O) groups is 1. The summed E-state index contributed by atoms with van der Waals surface area (Å²) in [6.45, 7) is 1.59. The first kappa shape index (κ1) is 14.3. The van der Waals surface area contributed by atoms with Gasteiger partial charge in [-0.25, -0.2) is 4.98 Å². The fourth-order valence-corrected chi connectivity index (χ4v) is 3.77. The Morgan fingerprint density at radius 3 is 2.78 bits per heavy atom. The molecule has 5 nitrogen and oxygen atoms in total. The summed E-state index contributed by atoms with van der Waals surface area (Å²) in [6.07, 6.45) is 3.24. The van der Waals surface area contributed by atoms with Crippen LogP contribution in [0.15, 0.2) is 36.5 Å². The van der Waals surface area contributed by atoms with Gasteiger partial charge in [0.15, 0.2) is 0 Å². The Morgan fingerprint density at radius 2 is 2.04 bits per heavy atom. The Kier molecular flexibility index (Phi) is 3.20. The van der Waals surface area contributed by atoms with Crippen molar-refractivity contribution in [2.75, 3.05) is 29.0 Å². The first-order valence-corrected chi connectivity index (χ1v) is 8.05. The zero-order chi connectivity index (χ0) is 16.0. The first-order chi connectivity index (χ1) is 11.1. The van der Waals surface area contributed by atoms with Crippen LogP contribution in [0.2, 0.25) is 5.02 Å². The van der Waals surface area contributed by atoms with E-state index < -0.39 is 5.41 Å². The lowest BCUT2D eigenvalue weighted by Crippen LogP contribution is -2.46. The topological polar surface area (TPSA) is 71.2 Å². The molecule has 23 heavy (non-hydrogen) atoms. The first-order valence-electron chi connectivity index (χ1n) is 7.67. The average molecular weight is 329 g/mol. The number of fused-ring (bicyclic) bond motifs is 2. The third-order valence-electron chi connectivity index (χ3n) is 4.96. The number of hydrogen-bond acceptors (Lipinski definition) is 4. The highest BCUT2D eigenvalue weighted by molar-refractivity contribution is 6.33. The molecule has 1 aromatic heterocycles. The number of aromatic nitrogens is 1. The third-order valence-corrected chi connectivity index (χ3v) is 5.28. The molecular weight excluding hydrogens is 312 g/mol. The van der Waals surface area contributed by atoms with Gasteiger partial charge < -0.3 is 16.0 Å². The summed E-state index contributed by atoms with van der Waals surface area (Å²) in [4.78, 5) is 19.1. The highest BCUT2D eigenvalue weighted by Crippen LogP contribution is 2.44. The van der Waals surface area contributed by atoms with Crippen LogP contribution in [0.1, 0.15) is 18.4 Å². The van der Waals surface area contributed by atoms with Crippen LogP contribution in [-0.2, 0) is 10.2 Å². The van der Waals surface area contributed by atoms with Gasteiger partial charge in [0.2, 0.25) is 5.91 Å². The Balaban J connectivity index is 1.59. The Morgan fingerprint density at radius 1 is 1.26 bits per heavy atom. The Labute approximate surface area is 139 Å². The fourth-order valence-electron chi connectivity index (χ4n) is 3.60. The summed E-state index contributed by atoms with van der Waals surface area (Å²) in [5, 5.41) is 3.49. The predicted octanol–water partition coefficient (Wildman–Crippen LogP) is 2.81. The van der Waals surface area contributed by atoms with Crippen molar-refractivity contribution in [2.45, 2.75) is 18.3 Å². The number of nitrogens with two attached hydrogens (primary N) is 1. The minimum Gasteiger partial charge on any atom is -0.398 e. The number of amides is 1. The zero-order valence-corrected chi connectivity index (χ0v) is 13.3. The van der Waals surface area contributed by atoms with E-state index in [1.54, 1.807) is 6.20 Å². The minimum absolute atomic E-state index is 0.0705. The summed E-state index contributed by atoms with van der Waals surface area (Å²) in [5.74, 6) is 0.780. The van der Waals surface area contributed by atoms with Gasteiger partial charge in [-0.05, 0) is 37.1 Å². The molecule has 3 heterocycles. The van der Waals surface area contributed by atoms with Gasteiger partial charge in [-0.1, -0.05) is 17.7 Å². The lowest BCUT2D eigenvalue weighted by atomic mass is 9.74. The zero-order valence-electron chi connectivity index (χ0n) is 12.6. The summed E-state index contributed by atoms with van der Waals surface area (Å²) in [5.41, 5.74) is 7.98. The molecule has 0 bridgehead atoms.